The van der Waals surface area contributed by atoms with E-state index < -0.39 is 0 Å². The number of ether oxygens (including phenoxy) is 1. The van der Waals surface area contributed by atoms with Crippen LogP contribution in [0.25, 0.3) is 6.08 Å². The van der Waals surface area contributed by atoms with E-state index in [0.29, 0.717) is 24.4 Å². The molecule has 0 bridgehead atoms. The standard InChI is InChI=1S/C33H37N3O3/c1-24-10-12-27(13-11-24)23-36-29-8-3-4-9-30(29)39-31(33(36)38)21-26-14-16-28(17-15-26)32(37)34-18-6-20-35-19-5-7-25(2)22-35/h3-4,8-17,21,25H,5-7,18-20,22-23H2,1-2H3,(H,34,37)/b31-21+. The summed E-state index contributed by atoms with van der Waals surface area (Å²) in [6.45, 7) is 8.81. The molecular weight excluding hydrogens is 486 g/mol. The molecule has 2 aliphatic heterocycles. The first-order valence-corrected chi connectivity index (χ1v) is 13.9. The summed E-state index contributed by atoms with van der Waals surface area (Å²) in [6.07, 6.45) is 5.27. The summed E-state index contributed by atoms with van der Waals surface area (Å²) in [6, 6.07) is 23.0. The monoisotopic (exact) mass is 523 g/mol. The molecule has 2 heterocycles. The van der Waals surface area contributed by atoms with E-state index in [0.717, 1.165) is 48.8 Å². The average molecular weight is 524 g/mol. The number of aryl methyl sites for hydroxylation is 1. The molecule has 1 atom stereocenters. The third-order valence-corrected chi connectivity index (χ3v) is 7.44. The van der Waals surface area contributed by atoms with Crippen molar-refractivity contribution in [2.24, 2.45) is 5.92 Å². The molecular formula is C33H37N3O3. The highest BCUT2D eigenvalue weighted by Crippen LogP contribution is 2.36. The smallest absolute Gasteiger partial charge is 0.294 e. The molecule has 1 N–H and O–H groups in total. The van der Waals surface area contributed by atoms with Crippen molar-refractivity contribution in [1.29, 1.82) is 0 Å². The van der Waals surface area contributed by atoms with E-state index in [1.54, 1.807) is 23.1 Å². The van der Waals surface area contributed by atoms with Gasteiger partial charge in [0.15, 0.2) is 11.5 Å². The van der Waals surface area contributed by atoms with Crippen LogP contribution in [-0.4, -0.2) is 42.9 Å². The van der Waals surface area contributed by atoms with Gasteiger partial charge in [-0.25, -0.2) is 0 Å². The number of rotatable bonds is 8. The van der Waals surface area contributed by atoms with Crippen LogP contribution in [0.3, 0.4) is 0 Å². The molecule has 39 heavy (non-hydrogen) atoms. The van der Waals surface area contributed by atoms with Crippen molar-refractivity contribution in [3.05, 3.63) is 101 Å². The Hall–Kier alpha value is -3.90. The van der Waals surface area contributed by atoms with E-state index in [9.17, 15) is 9.59 Å². The Morgan fingerprint density at radius 3 is 2.59 bits per heavy atom. The summed E-state index contributed by atoms with van der Waals surface area (Å²) in [4.78, 5) is 30.4. The zero-order valence-corrected chi connectivity index (χ0v) is 22.9. The summed E-state index contributed by atoms with van der Waals surface area (Å²) >= 11 is 0. The zero-order chi connectivity index (χ0) is 27.2. The highest BCUT2D eigenvalue weighted by atomic mass is 16.5. The van der Waals surface area contributed by atoms with Gasteiger partial charge in [-0.2, -0.15) is 0 Å². The maximum absolute atomic E-state index is 13.5. The van der Waals surface area contributed by atoms with Crippen molar-refractivity contribution in [2.45, 2.75) is 39.7 Å². The van der Waals surface area contributed by atoms with Gasteiger partial charge in [-0.05, 0) is 86.7 Å². The van der Waals surface area contributed by atoms with Gasteiger partial charge in [0.2, 0.25) is 0 Å². The number of nitrogens with one attached hydrogen (secondary N) is 1. The fraction of sp³-hybridized carbons (Fsp3) is 0.333. The van der Waals surface area contributed by atoms with Crippen molar-refractivity contribution in [3.8, 4) is 5.75 Å². The highest BCUT2D eigenvalue weighted by Gasteiger charge is 2.30. The van der Waals surface area contributed by atoms with E-state index >= 15 is 0 Å². The predicted molar refractivity (Wildman–Crippen MR) is 156 cm³/mol. The zero-order valence-electron chi connectivity index (χ0n) is 22.9. The highest BCUT2D eigenvalue weighted by molar-refractivity contribution is 6.09. The number of likely N-dealkylation sites (tertiary alicyclic amines) is 1. The summed E-state index contributed by atoms with van der Waals surface area (Å²) in [5.74, 6) is 1.39. The number of nitrogens with zero attached hydrogens (tertiary/aromatic N) is 2. The van der Waals surface area contributed by atoms with Gasteiger partial charge in [-0.3, -0.25) is 14.5 Å². The van der Waals surface area contributed by atoms with Crippen LogP contribution in [-0.2, 0) is 11.3 Å². The Kier molecular flexibility index (Phi) is 8.42. The molecule has 6 heteroatoms. The second-order valence-corrected chi connectivity index (χ2v) is 10.7. The summed E-state index contributed by atoms with van der Waals surface area (Å²) in [5.41, 5.74) is 4.37. The number of carbonyl (C=O) groups excluding carboxylic acids is 2. The van der Waals surface area contributed by atoms with Crippen molar-refractivity contribution in [2.75, 3.05) is 31.1 Å². The Morgan fingerprint density at radius 2 is 1.82 bits per heavy atom. The van der Waals surface area contributed by atoms with Crippen molar-refractivity contribution < 1.29 is 14.3 Å². The van der Waals surface area contributed by atoms with Crippen LogP contribution >= 0.6 is 0 Å². The van der Waals surface area contributed by atoms with Crippen LogP contribution in [0.1, 0.15) is 53.2 Å². The molecule has 5 rings (SSSR count). The van der Waals surface area contributed by atoms with E-state index in [-0.39, 0.29) is 17.6 Å². The van der Waals surface area contributed by atoms with E-state index in [1.165, 1.54) is 18.4 Å². The van der Waals surface area contributed by atoms with E-state index in [1.807, 2.05) is 55.5 Å². The lowest BCUT2D eigenvalue weighted by atomic mass is 10.0. The van der Waals surface area contributed by atoms with Crippen LogP contribution in [0.5, 0.6) is 5.75 Å². The van der Waals surface area contributed by atoms with Gasteiger partial charge in [0.1, 0.15) is 0 Å². The van der Waals surface area contributed by atoms with Crippen LogP contribution < -0.4 is 15.0 Å². The van der Waals surface area contributed by atoms with Crippen LogP contribution in [0, 0.1) is 12.8 Å². The molecule has 2 amide bonds. The summed E-state index contributed by atoms with van der Waals surface area (Å²) in [5, 5.41) is 3.03. The Bertz CT molecular complexity index is 1330. The molecule has 1 saturated heterocycles. The molecule has 0 radical (unpaired) electrons. The van der Waals surface area contributed by atoms with Gasteiger partial charge in [-0.1, -0.05) is 61.0 Å². The number of hydrogen-bond donors (Lipinski definition) is 1. The molecule has 6 nitrogen and oxygen atoms in total. The van der Waals surface area contributed by atoms with Crippen molar-refractivity contribution in [3.63, 3.8) is 0 Å². The fourth-order valence-corrected chi connectivity index (χ4v) is 5.27. The molecule has 0 aliphatic carbocycles. The van der Waals surface area contributed by atoms with Crippen LogP contribution in [0.15, 0.2) is 78.6 Å². The lowest BCUT2D eigenvalue weighted by molar-refractivity contribution is -0.117. The first kappa shape index (κ1) is 26.7. The normalized spacial score (nSPS) is 18.5. The van der Waals surface area contributed by atoms with Gasteiger partial charge >= 0.3 is 0 Å². The Labute approximate surface area is 231 Å². The molecule has 0 spiro atoms. The molecule has 3 aromatic carbocycles. The maximum atomic E-state index is 13.5. The fourth-order valence-electron chi connectivity index (χ4n) is 5.27. The second kappa shape index (κ2) is 12.3. The number of para-hydroxylation sites is 2. The summed E-state index contributed by atoms with van der Waals surface area (Å²) < 4.78 is 6.02. The van der Waals surface area contributed by atoms with Gasteiger partial charge in [0.25, 0.3) is 11.8 Å². The predicted octanol–water partition coefficient (Wildman–Crippen LogP) is 5.81. The van der Waals surface area contributed by atoms with Crippen molar-refractivity contribution in [1.82, 2.24) is 10.2 Å². The molecule has 0 saturated carbocycles. The van der Waals surface area contributed by atoms with Crippen molar-refractivity contribution >= 4 is 23.6 Å². The Balaban J connectivity index is 1.22. The minimum Gasteiger partial charge on any atom is -0.449 e. The van der Waals surface area contributed by atoms with E-state index in [4.69, 9.17) is 4.74 Å². The third-order valence-electron chi connectivity index (χ3n) is 7.44. The molecule has 1 unspecified atom stereocenters. The number of benzene rings is 3. The maximum Gasteiger partial charge on any atom is 0.294 e. The molecule has 202 valence electrons. The summed E-state index contributed by atoms with van der Waals surface area (Å²) in [7, 11) is 0. The molecule has 2 aliphatic rings. The van der Waals surface area contributed by atoms with Gasteiger partial charge < -0.3 is 15.0 Å². The molecule has 0 aromatic heterocycles. The number of amides is 2. The van der Waals surface area contributed by atoms with Crippen LogP contribution in [0.2, 0.25) is 0 Å². The Morgan fingerprint density at radius 1 is 1.05 bits per heavy atom. The van der Waals surface area contributed by atoms with Crippen LogP contribution in [0.4, 0.5) is 5.69 Å². The molecule has 3 aromatic rings. The van der Waals surface area contributed by atoms with Gasteiger partial charge in [-0.15, -0.1) is 0 Å². The first-order chi connectivity index (χ1) is 19.0. The minimum absolute atomic E-state index is 0.0793. The number of piperidine rings is 1. The first-order valence-electron chi connectivity index (χ1n) is 13.9. The topological polar surface area (TPSA) is 61.9 Å². The number of hydrogen-bond acceptors (Lipinski definition) is 4. The minimum atomic E-state index is -0.195. The lowest BCUT2D eigenvalue weighted by Gasteiger charge is -2.30. The number of anilines is 1. The average Bonchev–Trinajstić information content (AvgIpc) is 2.95. The number of carbonyl (C=O) groups is 2. The lowest BCUT2D eigenvalue weighted by Crippen LogP contribution is -2.36. The third kappa shape index (κ3) is 6.76. The van der Waals surface area contributed by atoms with Gasteiger partial charge in [0.05, 0.1) is 12.2 Å². The largest absolute Gasteiger partial charge is 0.449 e. The SMILES string of the molecule is Cc1ccc(CN2C(=O)/C(=C\c3ccc(C(=O)NCCCN4CCCC(C)C4)cc3)Oc3ccccc32)cc1. The van der Waals surface area contributed by atoms with Gasteiger partial charge in [0, 0.05) is 18.7 Å². The number of fused-ring (bicyclic) bond motifs is 1. The van der Waals surface area contributed by atoms with E-state index in [2.05, 4.69) is 29.3 Å². The quantitative estimate of drug-likeness (QED) is 0.299. The molecule has 1 fully saturated rings. The second-order valence-electron chi connectivity index (χ2n) is 10.7.